The molecular weight excluding hydrogens is 296 g/mol. The van der Waals surface area contributed by atoms with Crippen LogP contribution in [0, 0.1) is 0 Å². The quantitative estimate of drug-likeness (QED) is 0.856. The number of hydrogen-bond donors (Lipinski definition) is 0. The van der Waals surface area contributed by atoms with E-state index >= 15 is 0 Å². The molecule has 0 bridgehead atoms. The summed E-state index contributed by atoms with van der Waals surface area (Å²) in [5, 5.41) is 1.84. The molecule has 0 aromatic heterocycles. The second kappa shape index (κ2) is 5.78. The molecule has 2 fully saturated rings. The molecule has 0 aliphatic carbocycles. The molecule has 1 aromatic carbocycles. The first kappa shape index (κ1) is 16.2. The molecule has 1 amide bonds. The lowest BCUT2D eigenvalue weighted by Crippen LogP contribution is -2.53. The maximum absolute atomic E-state index is 12.3. The summed E-state index contributed by atoms with van der Waals surface area (Å²) in [6.45, 7) is 7.30. The molecule has 3 rings (SSSR count). The van der Waals surface area contributed by atoms with Crippen LogP contribution in [0.4, 0.5) is 4.79 Å². The maximum atomic E-state index is 12.3. The van der Waals surface area contributed by atoms with E-state index in [1.807, 2.05) is 49.2 Å². The topological polar surface area (TPSA) is 51.2 Å². The van der Waals surface area contributed by atoms with Crippen LogP contribution in [0.5, 0.6) is 0 Å². The van der Waals surface area contributed by atoms with Crippen LogP contribution >= 0.6 is 0 Å². The highest BCUT2D eigenvalue weighted by Crippen LogP contribution is 2.43. The average molecular weight is 320 g/mol. The monoisotopic (exact) mass is 320 g/mol. The van der Waals surface area contributed by atoms with E-state index in [0.717, 1.165) is 5.56 Å². The number of likely N-dealkylation sites (tertiary alicyclic amines) is 1. The summed E-state index contributed by atoms with van der Waals surface area (Å²) in [5.74, 6) is 0. The fourth-order valence-electron chi connectivity index (χ4n) is 3.70. The SMILES string of the molecule is CON1C(C)(C)O[C@@H]2CN(C(=O)OCc3ccccc3)C[C@@]21C. The van der Waals surface area contributed by atoms with Gasteiger partial charge in [-0.25, -0.2) is 4.79 Å². The van der Waals surface area contributed by atoms with Crippen LogP contribution in [0.15, 0.2) is 30.3 Å². The number of hydrogen-bond acceptors (Lipinski definition) is 5. The predicted molar refractivity (Wildman–Crippen MR) is 84.4 cm³/mol. The van der Waals surface area contributed by atoms with Gasteiger partial charge in [0.25, 0.3) is 0 Å². The van der Waals surface area contributed by atoms with Crippen molar-refractivity contribution >= 4 is 6.09 Å². The van der Waals surface area contributed by atoms with Crippen molar-refractivity contribution in [3.63, 3.8) is 0 Å². The molecule has 2 atom stereocenters. The van der Waals surface area contributed by atoms with Gasteiger partial charge in [0, 0.05) is 6.54 Å². The number of fused-ring (bicyclic) bond motifs is 1. The minimum atomic E-state index is -0.506. The van der Waals surface area contributed by atoms with Gasteiger partial charge < -0.3 is 14.4 Å². The van der Waals surface area contributed by atoms with Crippen LogP contribution in [0.2, 0.25) is 0 Å². The molecule has 0 N–H and O–H groups in total. The lowest BCUT2D eigenvalue weighted by molar-refractivity contribution is -0.260. The Hall–Kier alpha value is -1.63. The Labute approximate surface area is 136 Å². The zero-order valence-electron chi connectivity index (χ0n) is 14.1. The van der Waals surface area contributed by atoms with Gasteiger partial charge in [0.1, 0.15) is 12.3 Å². The van der Waals surface area contributed by atoms with E-state index in [1.54, 1.807) is 12.0 Å². The number of nitrogens with zero attached hydrogens (tertiary/aromatic N) is 2. The molecular formula is C17H24N2O4. The van der Waals surface area contributed by atoms with Crippen LogP contribution in [0.1, 0.15) is 26.3 Å². The van der Waals surface area contributed by atoms with Gasteiger partial charge in [0.15, 0.2) is 0 Å². The third-order valence-corrected chi connectivity index (χ3v) is 4.62. The van der Waals surface area contributed by atoms with Gasteiger partial charge in [-0.05, 0) is 26.3 Å². The van der Waals surface area contributed by atoms with Gasteiger partial charge >= 0.3 is 6.09 Å². The summed E-state index contributed by atoms with van der Waals surface area (Å²) < 4.78 is 11.5. The van der Waals surface area contributed by atoms with E-state index in [9.17, 15) is 4.79 Å². The van der Waals surface area contributed by atoms with E-state index in [-0.39, 0.29) is 24.3 Å². The first-order valence-corrected chi connectivity index (χ1v) is 7.85. The van der Waals surface area contributed by atoms with E-state index in [4.69, 9.17) is 14.3 Å². The Balaban J connectivity index is 1.63. The van der Waals surface area contributed by atoms with Gasteiger partial charge in [-0.2, -0.15) is 0 Å². The number of carbonyl (C=O) groups is 1. The molecule has 0 unspecified atom stereocenters. The number of rotatable bonds is 3. The fraction of sp³-hybridized carbons (Fsp3) is 0.588. The summed E-state index contributed by atoms with van der Waals surface area (Å²) in [7, 11) is 1.63. The lowest BCUT2D eigenvalue weighted by atomic mass is 9.99. The van der Waals surface area contributed by atoms with E-state index in [1.165, 1.54) is 0 Å². The lowest BCUT2D eigenvalue weighted by Gasteiger charge is -2.37. The largest absolute Gasteiger partial charge is 0.445 e. The van der Waals surface area contributed by atoms with Crippen LogP contribution in [0.3, 0.4) is 0 Å². The third-order valence-electron chi connectivity index (χ3n) is 4.62. The van der Waals surface area contributed by atoms with Crippen LogP contribution in [-0.2, 0) is 20.9 Å². The molecule has 6 nitrogen and oxygen atoms in total. The summed E-state index contributed by atoms with van der Waals surface area (Å²) in [6.07, 6.45) is -0.413. The molecule has 2 aliphatic heterocycles. The van der Waals surface area contributed by atoms with Gasteiger partial charge in [0.2, 0.25) is 0 Å². The molecule has 0 saturated carbocycles. The molecule has 2 saturated heterocycles. The Kier molecular flexibility index (Phi) is 4.08. The highest BCUT2D eigenvalue weighted by Gasteiger charge is 2.61. The number of carbonyl (C=O) groups excluding carboxylic acids is 1. The molecule has 126 valence electrons. The van der Waals surface area contributed by atoms with Crippen molar-refractivity contribution in [2.24, 2.45) is 0 Å². The Bertz CT molecular complexity index is 577. The zero-order chi connectivity index (χ0) is 16.7. The fourth-order valence-corrected chi connectivity index (χ4v) is 3.70. The van der Waals surface area contributed by atoms with E-state index < -0.39 is 5.72 Å². The standard InChI is InChI=1S/C17H24N2O4/c1-16(2)19(21-4)17(3)12-18(10-14(17)23-16)15(20)22-11-13-8-6-5-7-9-13/h5-9,14H,10-12H2,1-4H3/t14-,17+/m1/s1. The van der Waals surface area contributed by atoms with E-state index in [0.29, 0.717) is 13.1 Å². The molecule has 0 radical (unpaired) electrons. The Morgan fingerprint density at radius 2 is 2.00 bits per heavy atom. The number of amides is 1. The molecule has 0 spiro atoms. The second-order valence-electron chi connectivity index (χ2n) is 6.81. The summed E-state index contributed by atoms with van der Waals surface area (Å²) >= 11 is 0. The minimum absolute atomic E-state index is 0.0956. The van der Waals surface area contributed by atoms with Crippen molar-refractivity contribution in [1.29, 1.82) is 0 Å². The van der Waals surface area contributed by atoms with Crippen molar-refractivity contribution in [3.8, 4) is 0 Å². The highest BCUT2D eigenvalue weighted by atomic mass is 16.7. The van der Waals surface area contributed by atoms with Crippen LogP contribution < -0.4 is 0 Å². The van der Waals surface area contributed by atoms with Gasteiger partial charge in [-0.3, -0.25) is 4.84 Å². The molecule has 6 heteroatoms. The summed E-state index contributed by atoms with van der Waals surface area (Å²) in [5.41, 5.74) is 0.0976. The number of hydroxylamine groups is 2. The number of ether oxygens (including phenoxy) is 2. The number of benzene rings is 1. The smallest absolute Gasteiger partial charge is 0.410 e. The molecule has 2 aliphatic rings. The second-order valence-corrected chi connectivity index (χ2v) is 6.81. The zero-order valence-corrected chi connectivity index (χ0v) is 14.1. The van der Waals surface area contributed by atoms with Crippen molar-refractivity contribution in [2.75, 3.05) is 20.2 Å². The Morgan fingerprint density at radius 3 is 2.65 bits per heavy atom. The highest BCUT2D eigenvalue weighted by molar-refractivity contribution is 5.68. The van der Waals surface area contributed by atoms with Crippen molar-refractivity contribution < 1.29 is 19.1 Å². The summed E-state index contributed by atoms with van der Waals surface area (Å²) in [4.78, 5) is 19.6. The van der Waals surface area contributed by atoms with Crippen LogP contribution in [0.25, 0.3) is 0 Å². The van der Waals surface area contributed by atoms with Crippen LogP contribution in [-0.4, -0.2) is 53.6 Å². The third kappa shape index (κ3) is 2.82. The van der Waals surface area contributed by atoms with Gasteiger partial charge in [0.05, 0.1) is 25.3 Å². The maximum Gasteiger partial charge on any atom is 0.410 e. The molecule has 2 heterocycles. The van der Waals surface area contributed by atoms with E-state index in [2.05, 4.69) is 6.92 Å². The molecule has 23 heavy (non-hydrogen) atoms. The van der Waals surface area contributed by atoms with Gasteiger partial charge in [-0.1, -0.05) is 30.3 Å². The van der Waals surface area contributed by atoms with Crippen molar-refractivity contribution in [2.45, 2.75) is 44.7 Å². The van der Waals surface area contributed by atoms with Crippen molar-refractivity contribution in [1.82, 2.24) is 9.96 Å². The normalized spacial score (nSPS) is 29.6. The average Bonchev–Trinajstić information content (AvgIpc) is 2.91. The summed E-state index contributed by atoms with van der Waals surface area (Å²) in [6, 6.07) is 9.66. The van der Waals surface area contributed by atoms with Gasteiger partial charge in [-0.15, -0.1) is 5.06 Å². The Morgan fingerprint density at radius 1 is 1.30 bits per heavy atom. The molecule has 1 aromatic rings. The minimum Gasteiger partial charge on any atom is -0.445 e. The predicted octanol–water partition coefficient (Wildman–Crippen LogP) is 2.40. The first-order chi connectivity index (χ1) is 10.9. The first-order valence-electron chi connectivity index (χ1n) is 7.85. The van der Waals surface area contributed by atoms with Crippen molar-refractivity contribution in [3.05, 3.63) is 35.9 Å².